The maximum atomic E-state index is 12.9. The summed E-state index contributed by atoms with van der Waals surface area (Å²) >= 11 is 7.14. The van der Waals surface area contributed by atoms with Crippen molar-refractivity contribution in [2.24, 2.45) is 0 Å². The predicted molar refractivity (Wildman–Crippen MR) is 115 cm³/mol. The van der Waals surface area contributed by atoms with E-state index in [1.54, 1.807) is 30.7 Å². The fourth-order valence-electron chi connectivity index (χ4n) is 3.05. The molecule has 2 aromatic heterocycles. The average molecular weight is 436 g/mol. The van der Waals surface area contributed by atoms with Crippen molar-refractivity contribution in [1.82, 2.24) is 14.5 Å². The zero-order valence-corrected chi connectivity index (χ0v) is 17.6. The summed E-state index contributed by atoms with van der Waals surface area (Å²) in [4.78, 5) is 37.9. The number of nitrogens with one attached hydrogen (secondary N) is 1. The molecule has 0 fully saturated rings. The Kier molecular flexibility index (Phi) is 7.24. The van der Waals surface area contributed by atoms with Crippen molar-refractivity contribution in [1.29, 1.82) is 0 Å². The van der Waals surface area contributed by atoms with Crippen molar-refractivity contribution in [3.63, 3.8) is 0 Å². The molecule has 0 spiro atoms. The lowest BCUT2D eigenvalue weighted by Gasteiger charge is -2.12. The molecular formula is C20H22ClN3O4S. The molecule has 0 aliphatic heterocycles. The first kappa shape index (κ1) is 21.3. The number of rotatable bonds is 9. The van der Waals surface area contributed by atoms with Gasteiger partial charge in [0.25, 0.3) is 5.56 Å². The second kappa shape index (κ2) is 9.87. The highest BCUT2D eigenvalue weighted by Gasteiger charge is 2.16. The molecule has 154 valence electrons. The third kappa shape index (κ3) is 5.14. The number of hydrogen-bond acceptors (Lipinski definition) is 5. The van der Waals surface area contributed by atoms with Crippen LogP contribution in [-0.2, 0) is 29.0 Å². The van der Waals surface area contributed by atoms with E-state index in [1.165, 1.54) is 20.5 Å². The summed E-state index contributed by atoms with van der Waals surface area (Å²) in [5.74, 6) is -0.282. The number of methoxy groups -OCH3 is 1. The Hall–Kier alpha value is -2.42. The fourth-order valence-corrected chi connectivity index (χ4v) is 4.02. The summed E-state index contributed by atoms with van der Waals surface area (Å²) in [6.07, 6.45) is 1.19. The van der Waals surface area contributed by atoms with Crippen LogP contribution in [0.5, 0.6) is 0 Å². The smallest absolute Gasteiger partial charge is 0.332 e. The monoisotopic (exact) mass is 435 g/mol. The summed E-state index contributed by atoms with van der Waals surface area (Å²) in [7, 11) is 1.57. The van der Waals surface area contributed by atoms with E-state index in [-0.39, 0.29) is 24.6 Å². The Morgan fingerprint density at radius 2 is 1.93 bits per heavy atom. The van der Waals surface area contributed by atoms with Crippen LogP contribution in [0.4, 0.5) is 0 Å². The maximum absolute atomic E-state index is 12.9. The largest absolute Gasteiger partial charge is 0.385 e. The van der Waals surface area contributed by atoms with Gasteiger partial charge in [0.1, 0.15) is 11.2 Å². The van der Waals surface area contributed by atoms with Crippen LogP contribution in [0.3, 0.4) is 0 Å². The number of aromatic nitrogens is 2. The lowest BCUT2D eigenvalue weighted by atomic mass is 10.1. The standard InChI is InChI=1S/C20H22ClN3O4S/c1-28-11-2-10-23-19(26)18-16(8-12-29-18)24(20(23)27)13-17(25)22-9-7-14-3-5-15(21)6-4-14/h3-6,8,12H,2,7,9-11,13H2,1H3,(H,22,25). The van der Waals surface area contributed by atoms with Crippen LogP contribution in [0.25, 0.3) is 10.2 Å². The number of carbonyl (C=O) groups excluding carboxylic acids is 1. The molecule has 29 heavy (non-hydrogen) atoms. The fraction of sp³-hybridized carbons (Fsp3) is 0.350. The zero-order valence-electron chi connectivity index (χ0n) is 16.0. The van der Waals surface area contributed by atoms with Crippen molar-refractivity contribution >= 4 is 39.1 Å². The first-order chi connectivity index (χ1) is 14.0. The normalized spacial score (nSPS) is 11.1. The molecule has 0 atom stereocenters. The molecular weight excluding hydrogens is 414 g/mol. The molecule has 0 aliphatic carbocycles. The highest BCUT2D eigenvalue weighted by Crippen LogP contribution is 2.15. The van der Waals surface area contributed by atoms with Crippen LogP contribution in [-0.4, -0.2) is 35.3 Å². The van der Waals surface area contributed by atoms with E-state index in [4.69, 9.17) is 16.3 Å². The molecule has 2 heterocycles. The molecule has 3 rings (SSSR count). The maximum Gasteiger partial charge on any atom is 0.332 e. The van der Waals surface area contributed by atoms with Crippen LogP contribution in [0.1, 0.15) is 12.0 Å². The minimum absolute atomic E-state index is 0.142. The summed E-state index contributed by atoms with van der Waals surface area (Å²) in [5, 5.41) is 5.24. The number of nitrogens with zero attached hydrogens (tertiary/aromatic N) is 2. The number of benzene rings is 1. The Labute approximate surface area is 176 Å². The molecule has 1 aromatic carbocycles. The van der Waals surface area contributed by atoms with Crippen LogP contribution in [0.15, 0.2) is 45.3 Å². The molecule has 0 saturated heterocycles. The van der Waals surface area contributed by atoms with Gasteiger partial charge in [-0.15, -0.1) is 11.3 Å². The van der Waals surface area contributed by atoms with E-state index < -0.39 is 5.69 Å². The molecule has 0 saturated carbocycles. The highest BCUT2D eigenvalue weighted by atomic mass is 35.5. The lowest BCUT2D eigenvalue weighted by Crippen LogP contribution is -2.42. The van der Waals surface area contributed by atoms with Gasteiger partial charge in [-0.1, -0.05) is 23.7 Å². The molecule has 0 aliphatic rings. The van der Waals surface area contributed by atoms with Crippen molar-refractivity contribution in [2.45, 2.75) is 25.9 Å². The summed E-state index contributed by atoms with van der Waals surface area (Å²) in [6.45, 7) is 0.990. The first-order valence-electron chi connectivity index (χ1n) is 9.22. The van der Waals surface area contributed by atoms with Gasteiger partial charge >= 0.3 is 5.69 Å². The zero-order chi connectivity index (χ0) is 20.8. The SMILES string of the molecule is COCCCn1c(=O)c2sccc2n(CC(=O)NCCc2ccc(Cl)cc2)c1=O. The Balaban J connectivity index is 1.73. The van der Waals surface area contributed by atoms with Gasteiger partial charge in [0.15, 0.2) is 0 Å². The van der Waals surface area contributed by atoms with Gasteiger partial charge < -0.3 is 10.1 Å². The van der Waals surface area contributed by atoms with E-state index >= 15 is 0 Å². The second-order valence-corrected chi connectivity index (χ2v) is 7.89. The van der Waals surface area contributed by atoms with Gasteiger partial charge in [0.05, 0.1) is 5.52 Å². The minimum atomic E-state index is -0.482. The van der Waals surface area contributed by atoms with E-state index in [2.05, 4.69) is 5.32 Å². The Morgan fingerprint density at radius 1 is 1.17 bits per heavy atom. The van der Waals surface area contributed by atoms with Gasteiger partial charge in [-0.05, 0) is 42.0 Å². The Morgan fingerprint density at radius 3 is 2.66 bits per heavy atom. The van der Waals surface area contributed by atoms with Crippen molar-refractivity contribution in [3.8, 4) is 0 Å². The van der Waals surface area contributed by atoms with Gasteiger partial charge in [-0.3, -0.25) is 18.7 Å². The number of halogens is 1. The minimum Gasteiger partial charge on any atom is -0.385 e. The van der Waals surface area contributed by atoms with Gasteiger partial charge in [-0.25, -0.2) is 4.79 Å². The van der Waals surface area contributed by atoms with E-state index in [9.17, 15) is 14.4 Å². The number of carbonyl (C=O) groups is 1. The summed E-state index contributed by atoms with van der Waals surface area (Å²) < 4.78 is 8.01. The number of amides is 1. The molecule has 0 radical (unpaired) electrons. The van der Waals surface area contributed by atoms with Crippen molar-refractivity contribution < 1.29 is 9.53 Å². The van der Waals surface area contributed by atoms with E-state index in [0.717, 1.165) is 5.56 Å². The summed E-state index contributed by atoms with van der Waals surface area (Å²) in [6, 6.07) is 9.12. The van der Waals surface area contributed by atoms with Crippen molar-refractivity contribution in [2.75, 3.05) is 20.3 Å². The van der Waals surface area contributed by atoms with Gasteiger partial charge in [-0.2, -0.15) is 0 Å². The van der Waals surface area contributed by atoms with Gasteiger partial charge in [0.2, 0.25) is 5.91 Å². The summed E-state index contributed by atoms with van der Waals surface area (Å²) in [5.41, 5.74) is 0.736. The average Bonchev–Trinajstić information content (AvgIpc) is 3.19. The van der Waals surface area contributed by atoms with E-state index in [0.29, 0.717) is 41.2 Å². The highest BCUT2D eigenvalue weighted by molar-refractivity contribution is 7.17. The number of thiophene rings is 1. The molecule has 9 heteroatoms. The molecule has 1 amide bonds. The number of ether oxygens (including phenoxy) is 1. The van der Waals surface area contributed by atoms with Crippen LogP contribution in [0.2, 0.25) is 5.02 Å². The molecule has 7 nitrogen and oxygen atoms in total. The van der Waals surface area contributed by atoms with E-state index in [1.807, 2.05) is 12.1 Å². The lowest BCUT2D eigenvalue weighted by molar-refractivity contribution is -0.121. The van der Waals surface area contributed by atoms with Crippen LogP contribution in [0, 0.1) is 0 Å². The third-order valence-electron chi connectivity index (χ3n) is 4.52. The predicted octanol–water partition coefficient (Wildman–Crippen LogP) is 2.27. The van der Waals surface area contributed by atoms with Crippen LogP contribution < -0.4 is 16.6 Å². The number of hydrogen-bond donors (Lipinski definition) is 1. The third-order valence-corrected chi connectivity index (χ3v) is 5.66. The first-order valence-corrected chi connectivity index (χ1v) is 10.5. The molecule has 3 aromatic rings. The molecule has 1 N–H and O–H groups in total. The Bertz CT molecular complexity index is 1100. The quantitative estimate of drug-likeness (QED) is 0.523. The second-order valence-electron chi connectivity index (χ2n) is 6.53. The number of fused-ring (bicyclic) bond motifs is 1. The van der Waals surface area contributed by atoms with Gasteiger partial charge in [0, 0.05) is 31.8 Å². The topological polar surface area (TPSA) is 82.3 Å². The molecule has 0 bridgehead atoms. The van der Waals surface area contributed by atoms with Crippen LogP contribution >= 0.6 is 22.9 Å². The molecule has 0 unspecified atom stereocenters. The van der Waals surface area contributed by atoms with Crippen molar-refractivity contribution in [3.05, 3.63) is 67.1 Å².